The fraction of sp³-hybridized carbons (Fsp3) is 0.462. The third kappa shape index (κ3) is 2.38. The van der Waals surface area contributed by atoms with Crippen molar-refractivity contribution in [1.29, 1.82) is 5.41 Å². The number of carboxylic acid groups (broad SMARTS) is 1. The Morgan fingerprint density at radius 1 is 1.33 bits per heavy atom. The van der Waals surface area contributed by atoms with Gasteiger partial charge in [0.15, 0.2) is 5.84 Å². The van der Waals surface area contributed by atoms with Crippen molar-refractivity contribution in [2.24, 2.45) is 0 Å². The van der Waals surface area contributed by atoms with Gasteiger partial charge in [-0.2, -0.15) is 0 Å². The highest BCUT2D eigenvalue weighted by molar-refractivity contribution is 5.95. The van der Waals surface area contributed by atoms with Crippen LogP contribution in [0.4, 0.5) is 10.6 Å². The number of hydroxylamine groups is 1. The summed E-state index contributed by atoms with van der Waals surface area (Å²) in [6.45, 7) is 1.01. The molecule has 3 rings (SSSR count). The molecule has 0 aromatic carbocycles. The Morgan fingerprint density at radius 2 is 2.00 bits per heavy atom. The summed E-state index contributed by atoms with van der Waals surface area (Å²) >= 11 is 0. The van der Waals surface area contributed by atoms with E-state index in [0.29, 0.717) is 18.7 Å². The van der Waals surface area contributed by atoms with Gasteiger partial charge in [0.25, 0.3) is 0 Å². The Balaban J connectivity index is 1.79. The van der Waals surface area contributed by atoms with Crippen molar-refractivity contribution in [3.63, 3.8) is 0 Å². The van der Waals surface area contributed by atoms with Crippen LogP contribution in [0.25, 0.3) is 0 Å². The number of rotatable bonds is 2. The van der Waals surface area contributed by atoms with Gasteiger partial charge in [0.2, 0.25) is 0 Å². The highest BCUT2D eigenvalue weighted by Gasteiger charge is 2.41. The number of nitrogens with zero attached hydrogens (tertiary/aromatic N) is 3. The zero-order chi connectivity index (χ0) is 15.0. The number of likely N-dealkylation sites (tertiary alicyclic amines) is 1. The van der Waals surface area contributed by atoms with E-state index in [-0.39, 0.29) is 17.9 Å². The van der Waals surface area contributed by atoms with E-state index >= 15 is 0 Å². The summed E-state index contributed by atoms with van der Waals surface area (Å²) in [5.41, 5.74) is 2.28. The lowest BCUT2D eigenvalue weighted by molar-refractivity contribution is 0.133. The number of hydrogen-bond donors (Lipinski definition) is 4. The summed E-state index contributed by atoms with van der Waals surface area (Å²) < 4.78 is 0. The van der Waals surface area contributed by atoms with E-state index in [0.717, 1.165) is 18.7 Å². The van der Waals surface area contributed by atoms with E-state index in [1.165, 1.54) is 11.1 Å². The molecule has 112 valence electrons. The maximum absolute atomic E-state index is 11.1. The molecule has 2 aliphatic rings. The van der Waals surface area contributed by atoms with Crippen LogP contribution < -0.4 is 10.4 Å². The number of hydrogen-bond acceptors (Lipinski definition) is 5. The molecule has 2 aliphatic heterocycles. The highest BCUT2D eigenvalue weighted by atomic mass is 16.5. The number of anilines is 1. The quantitative estimate of drug-likeness (QED) is 0.363. The van der Waals surface area contributed by atoms with Crippen molar-refractivity contribution in [3.05, 3.63) is 23.9 Å². The second-order valence-corrected chi connectivity index (χ2v) is 5.37. The lowest BCUT2D eigenvalue weighted by Gasteiger charge is -2.40. The molecular weight excluding hydrogens is 274 g/mol. The zero-order valence-electron chi connectivity index (χ0n) is 11.4. The SMILES string of the molecule is N=C(NO)c1ccc(N2C3CCC2CN(C(=O)O)C3)nc1. The Morgan fingerprint density at radius 3 is 2.48 bits per heavy atom. The van der Waals surface area contributed by atoms with Gasteiger partial charge in [0, 0.05) is 36.9 Å². The highest BCUT2D eigenvalue weighted by Crippen LogP contribution is 2.33. The minimum absolute atomic E-state index is 0.104. The van der Waals surface area contributed by atoms with Crippen molar-refractivity contribution in [1.82, 2.24) is 15.4 Å². The number of pyridine rings is 1. The van der Waals surface area contributed by atoms with Gasteiger partial charge in [-0.25, -0.2) is 9.78 Å². The van der Waals surface area contributed by atoms with Gasteiger partial charge < -0.3 is 14.9 Å². The first-order valence-electron chi connectivity index (χ1n) is 6.81. The maximum Gasteiger partial charge on any atom is 0.407 e. The predicted molar refractivity (Wildman–Crippen MR) is 74.9 cm³/mol. The molecule has 2 atom stereocenters. The Kier molecular flexibility index (Phi) is 3.38. The molecule has 0 saturated carbocycles. The fourth-order valence-corrected chi connectivity index (χ4v) is 3.18. The van der Waals surface area contributed by atoms with Crippen LogP contribution in [0.2, 0.25) is 0 Å². The Hall–Kier alpha value is -2.35. The molecule has 0 radical (unpaired) electrons. The first-order chi connectivity index (χ1) is 10.1. The van der Waals surface area contributed by atoms with E-state index in [1.54, 1.807) is 11.5 Å². The van der Waals surface area contributed by atoms with Crippen molar-refractivity contribution in [2.45, 2.75) is 24.9 Å². The van der Waals surface area contributed by atoms with Crippen molar-refractivity contribution < 1.29 is 15.1 Å². The number of amidine groups is 1. The number of amides is 1. The molecule has 1 aromatic rings. The zero-order valence-corrected chi connectivity index (χ0v) is 11.4. The third-order valence-corrected chi connectivity index (χ3v) is 4.17. The fourth-order valence-electron chi connectivity index (χ4n) is 3.18. The minimum atomic E-state index is -0.864. The number of nitrogens with one attached hydrogen (secondary N) is 2. The minimum Gasteiger partial charge on any atom is -0.465 e. The van der Waals surface area contributed by atoms with Crippen LogP contribution in [0.5, 0.6) is 0 Å². The second kappa shape index (κ2) is 5.21. The molecule has 8 nitrogen and oxygen atoms in total. The second-order valence-electron chi connectivity index (χ2n) is 5.37. The molecule has 1 aromatic heterocycles. The van der Waals surface area contributed by atoms with Crippen molar-refractivity contribution in [3.8, 4) is 0 Å². The molecular formula is C13H17N5O3. The molecule has 2 saturated heterocycles. The van der Waals surface area contributed by atoms with E-state index in [4.69, 9.17) is 15.7 Å². The molecule has 2 fully saturated rings. The van der Waals surface area contributed by atoms with E-state index in [2.05, 4.69) is 9.88 Å². The molecule has 1 amide bonds. The van der Waals surface area contributed by atoms with Crippen LogP contribution in [-0.4, -0.2) is 57.3 Å². The monoisotopic (exact) mass is 291 g/mol. The molecule has 0 spiro atoms. The Bertz CT molecular complexity index is 547. The van der Waals surface area contributed by atoms with Crippen LogP contribution in [0.15, 0.2) is 18.3 Å². The smallest absolute Gasteiger partial charge is 0.407 e. The molecule has 0 aliphatic carbocycles. The summed E-state index contributed by atoms with van der Waals surface area (Å²) in [7, 11) is 0. The van der Waals surface area contributed by atoms with Gasteiger partial charge in [-0.15, -0.1) is 0 Å². The topological polar surface area (TPSA) is 113 Å². The van der Waals surface area contributed by atoms with Gasteiger partial charge >= 0.3 is 6.09 Å². The van der Waals surface area contributed by atoms with E-state index in [9.17, 15) is 4.79 Å². The summed E-state index contributed by atoms with van der Waals surface area (Å²) in [5, 5.41) is 25.3. The van der Waals surface area contributed by atoms with Gasteiger partial charge in [0.1, 0.15) is 5.82 Å². The average Bonchev–Trinajstić information content (AvgIpc) is 2.76. The van der Waals surface area contributed by atoms with Crippen molar-refractivity contribution >= 4 is 17.7 Å². The molecule has 4 N–H and O–H groups in total. The largest absolute Gasteiger partial charge is 0.465 e. The molecule has 2 unspecified atom stereocenters. The van der Waals surface area contributed by atoms with Crippen LogP contribution in [0.1, 0.15) is 18.4 Å². The van der Waals surface area contributed by atoms with Crippen LogP contribution in [-0.2, 0) is 0 Å². The summed E-state index contributed by atoms with van der Waals surface area (Å²) in [4.78, 5) is 19.1. The third-order valence-electron chi connectivity index (χ3n) is 4.17. The average molecular weight is 291 g/mol. The van der Waals surface area contributed by atoms with Gasteiger partial charge in [0.05, 0.1) is 0 Å². The predicted octanol–water partition coefficient (Wildman–Crippen LogP) is 0.717. The number of piperazine rings is 1. The van der Waals surface area contributed by atoms with Crippen molar-refractivity contribution in [2.75, 3.05) is 18.0 Å². The van der Waals surface area contributed by atoms with Gasteiger partial charge in [-0.05, 0) is 25.0 Å². The summed E-state index contributed by atoms with van der Waals surface area (Å²) in [5.74, 6) is 0.690. The number of aromatic nitrogens is 1. The van der Waals surface area contributed by atoms with Gasteiger partial charge in [-0.3, -0.25) is 16.1 Å². The Labute approximate surface area is 121 Å². The number of carbonyl (C=O) groups is 1. The summed E-state index contributed by atoms with van der Waals surface area (Å²) in [6, 6.07) is 3.85. The molecule has 2 bridgehead atoms. The normalized spacial score (nSPS) is 24.0. The standard InChI is InChI=1S/C13H17N5O3/c14-12(16-21)8-1-4-11(15-5-8)18-9-2-3-10(18)7-17(6-9)13(19)20/h1,4-5,9-10,21H,2-3,6-7H2,(H2,14,16)(H,19,20). The number of fused-ring (bicyclic) bond motifs is 2. The van der Waals surface area contributed by atoms with Gasteiger partial charge in [-0.1, -0.05) is 0 Å². The molecule has 3 heterocycles. The first-order valence-corrected chi connectivity index (χ1v) is 6.81. The van der Waals surface area contributed by atoms with E-state index < -0.39 is 6.09 Å². The maximum atomic E-state index is 11.1. The lowest BCUT2D eigenvalue weighted by Crippen LogP contribution is -2.55. The first kappa shape index (κ1) is 13.6. The molecule has 8 heteroatoms. The van der Waals surface area contributed by atoms with Crippen LogP contribution >= 0.6 is 0 Å². The van der Waals surface area contributed by atoms with E-state index in [1.807, 2.05) is 6.07 Å². The summed E-state index contributed by atoms with van der Waals surface area (Å²) in [6.07, 6.45) is 2.60. The van der Waals surface area contributed by atoms with Crippen LogP contribution in [0.3, 0.4) is 0 Å². The molecule has 21 heavy (non-hydrogen) atoms. The van der Waals surface area contributed by atoms with Crippen LogP contribution in [0, 0.1) is 5.41 Å². The lowest BCUT2D eigenvalue weighted by atomic mass is 10.2.